The van der Waals surface area contributed by atoms with Gasteiger partial charge < -0.3 is 4.74 Å². The molecule has 7 nitrogen and oxygen atoms in total. The van der Waals surface area contributed by atoms with Crippen molar-refractivity contribution in [1.29, 1.82) is 0 Å². The average molecular weight is 446 g/mol. The highest BCUT2D eigenvalue weighted by molar-refractivity contribution is 7.18. The van der Waals surface area contributed by atoms with E-state index in [2.05, 4.69) is 10.2 Å². The molecule has 3 heterocycles. The molecule has 1 N–H and O–H groups in total. The van der Waals surface area contributed by atoms with Crippen molar-refractivity contribution in [2.75, 3.05) is 26.6 Å². The summed E-state index contributed by atoms with van der Waals surface area (Å²) in [5.74, 6) is 0.170. The van der Waals surface area contributed by atoms with Crippen LogP contribution in [0, 0.1) is 12.8 Å². The van der Waals surface area contributed by atoms with Gasteiger partial charge in [-0.15, -0.1) is 11.3 Å². The molecule has 2 aromatic rings. The average Bonchev–Trinajstić information content (AvgIpc) is 3.35. The number of alkyl halides is 3. The molecule has 166 valence electrons. The van der Waals surface area contributed by atoms with Crippen molar-refractivity contribution in [3.63, 3.8) is 0 Å². The summed E-state index contributed by atoms with van der Waals surface area (Å²) in [6, 6.07) is -0.237. The lowest BCUT2D eigenvalue weighted by Crippen LogP contribution is -2.40. The Hall–Kier alpha value is -1.69. The van der Waals surface area contributed by atoms with Crippen molar-refractivity contribution in [2.45, 2.75) is 52.0 Å². The van der Waals surface area contributed by atoms with Gasteiger partial charge in [-0.2, -0.15) is 13.2 Å². The lowest BCUT2D eigenvalue weighted by atomic mass is 10.2. The maximum atomic E-state index is 13.2. The third kappa shape index (κ3) is 4.20. The van der Waals surface area contributed by atoms with Crippen LogP contribution in [0.1, 0.15) is 36.2 Å². The van der Waals surface area contributed by atoms with Crippen LogP contribution in [0.15, 0.2) is 9.59 Å². The van der Waals surface area contributed by atoms with Crippen LogP contribution in [-0.4, -0.2) is 46.8 Å². The van der Waals surface area contributed by atoms with Crippen LogP contribution >= 0.6 is 11.3 Å². The minimum Gasteiger partial charge on any atom is -0.351 e. The van der Waals surface area contributed by atoms with Crippen LogP contribution in [0.2, 0.25) is 0 Å². The van der Waals surface area contributed by atoms with Crippen molar-refractivity contribution in [2.24, 2.45) is 5.92 Å². The maximum absolute atomic E-state index is 13.2. The Morgan fingerprint density at radius 1 is 1.30 bits per heavy atom. The molecule has 1 saturated heterocycles. The quantitative estimate of drug-likeness (QED) is 0.764. The second-order valence-corrected chi connectivity index (χ2v) is 9.20. The topological polar surface area (TPSA) is 68.5 Å². The summed E-state index contributed by atoms with van der Waals surface area (Å²) < 4.78 is 46.5. The van der Waals surface area contributed by atoms with Crippen LogP contribution in [0.4, 0.5) is 13.2 Å². The number of halogens is 3. The number of thiophene rings is 1. The molecular weight excluding hydrogens is 421 g/mol. The molecule has 1 saturated carbocycles. The molecule has 0 aromatic carbocycles. The SMILES string of the molecule is Cc1c(CN2CCNCOC2)sc2c1c(=O)n(C1CC1C)c(=O)n2CCC(F)(F)F. The molecule has 2 atom stereocenters. The number of ether oxygens (including phenoxy) is 1. The second kappa shape index (κ2) is 8.10. The fraction of sp³-hybridized carbons (Fsp3) is 0.684. The van der Waals surface area contributed by atoms with Gasteiger partial charge in [0.15, 0.2) is 0 Å². The molecule has 1 aliphatic heterocycles. The number of hydrogen-bond acceptors (Lipinski definition) is 6. The molecule has 1 aliphatic carbocycles. The fourth-order valence-electron chi connectivity index (χ4n) is 3.90. The van der Waals surface area contributed by atoms with Crippen molar-refractivity contribution >= 4 is 21.6 Å². The van der Waals surface area contributed by atoms with Gasteiger partial charge in [-0.05, 0) is 24.8 Å². The second-order valence-electron chi connectivity index (χ2n) is 8.12. The van der Waals surface area contributed by atoms with Gasteiger partial charge in [0.1, 0.15) is 11.6 Å². The summed E-state index contributed by atoms with van der Waals surface area (Å²) in [6.07, 6.45) is -4.81. The largest absolute Gasteiger partial charge is 0.390 e. The Morgan fingerprint density at radius 2 is 2.03 bits per heavy atom. The van der Waals surface area contributed by atoms with E-state index < -0.39 is 24.8 Å². The highest BCUT2D eigenvalue weighted by Crippen LogP contribution is 2.41. The van der Waals surface area contributed by atoms with E-state index >= 15 is 0 Å². The molecule has 2 aliphatic rings. The Labute approximate surface area is 175 Å². The zero-order chi connectivity index (χ0) is 21.6. The van der Waals surface area contributed by atoms with Crippen LogP contribution in [0.25, 0.3) is 10.2 Å². The van der Waals surface area contributed by atoms with Gasteiger partial charge in [-0.1, -0.05) is 6.92 Å². The molecule has 0 spiro atoms. The first-order valence-corrected chi connectivity index (χ1v) is 10.8. The molecule has 4 rings (SSSR count). The lowest BCUT2D eigenvalue weighted by Gasteiger charge is -2.18. The van der Waals surface area contributed by atoms with E-state index in [1.54, 1.807) is 0 Å². The number of rotatable bonds is 5. The molecule has 30 heavy (non-hydrogen) atoms. The molecule has 2 fully saturated rings. The van der Waals surface area contributed by atoms with Crippen molar-refractivity contribution in [3.8, 4) is 0 Å². The first-order chi connectivity index (χ1) is 14.2. The summed E-state index contributed by atoms with van der Waals surface area (Å²) >= 11 is 1.24. The Kier molecular flexibility index (Phi) is 5.82. The van der Waals surface area contributed by atoms with Crippen LogP contribution < -0.4 is 16.6 Å². The molecule has 0 bridgehead atoms. The lowest BCUT2D eigenvalue weighted by molar-refractivity contribution is -0.136. The zero-order valence-corrected chi connectivity index (χ0v) is 17.7. The first kappa shape index (κ1) is 21.5. The minimum atomic E-state index is -4.38. The van der Waals surface area contributed by atoms with E-state index in [0.717, 1.165) is 28.1 Å². The predicted molar refractivity (Wildman–Crippen MR) is 108 cm³/mol. The number of nitrogens with one attached hydrogen (secondary N) is 1. The van der Waals surface area contributed by atoms with Crippen LogP contribution in [-0.2, 0) is 17.8 Å². The summed E-state index contributed by atoms with van der Waals surface area (Å²) in [5.41, 5.74) is -0.289. The van der Waals surface area contributed by atoms with Crippen LogP contribution in [0.5, 0.6) is 0 Å². The number of fused-ring (bicyclic) bond motifs is 1. The third-order valence-corrected chi connectivity index (χ3v) is 7.11. The number of nitrogens with zero attached hydrogens (tertiary/aromatic N) is 3. The predicted octanol–water partition coefficient (Wildman–Crippen LogP) is 2.40. The van der Waals surface area contributed by atoms with Gasteiger partial charge in [-0.25, -0.2) is 4.79 Å². The molecule has 0 radical (unpaired) electrons. The van der Waals surface area contributed by atoms with Gasteiger partial charge in [0.2, 0.25) is 0 Å². The summed E-state index contributed by atoms with van der Waals surface area (Å²) in [4.78, 5) is 29.5. The van der Waals surface area contributed by atoms with Gasteiger partial charge >= 0.3 is 11.9 Å². The number of aromatic nitrogens is 2. The standard InChI is InChI=1S/C19H25F3N4O3S/c1-11-7-13(11)26-16(27)15-12(2)14(8-24-6-4-23-9-29-10-24)30-17(15)25(18(26)28)5-3-19(20,21)22/h11,13,23H,3-10H2,1-2H3. The highest BCUT2D eigenvalue weighted by atomic mass is 32.1. The summed E-state index contributed by atoms with van der Waals surface area (Å²) in [6.45, 7) is 6.15. The molecular formula is C19H25F3N4O3S. The number of aryl methyl sites for hydroxylation is 2. The van der Waals surface area contributed by atoms with Gasteiger partial charge in [0.25, 0.3) is 5.56 Å². The third-order valence-electron chi connectivity index (χ3n) is 5.81. The normalized spacial score (nSPS) is 23.1. The summed E-state index contributed by atoms with van der Waals surface area (Å²) in [7, 11) is 0. The maximum Gasteiger partial charge on any atom is 0.390 e. The van der Waals surface area contributed by atoms with E-state index in [9.17, 15) is 22.8 Å². The Morgan fingerprint density at radius 3 is 2.70 bits per heavy atom. The van der Waals surface area contributed by atoms with Gasteiger partial charge in [0.05, 0.1) is 18.5 Å². The first-order valence-electron chi connectivity index (χ1n) is 10.0. The van der Waals surface area contributed by atoms with Crippen molar-refractivity contribution < 1.29 is 17.9 Å². The van der Waals surface area contributed by atoms with E-state index in [1.165, 1.54) is 15.9 Å². The molecule has 0 amide bonds. The smallest absolute Gasteiger partial charge is 0.351 e. The van der Waals surface area contributed by atoms with E-state index in [4.69, 9.17) is 4.74 Å². The van der Waals surface area contributed by atoms with Crippen molar-refractivity contribution in [3.05, 3.63) is 31.3 Å². The molecule has 2 aromatic heterocycles. The fourth-order valence-corrected chi connectivity index (χ4v) is 5.26. The summed E-state index contributed by atoms with van der Waals surface area (Å²) in [5, 5.41) is 3.49. The minimum absolute atomic E-state index is 0.170. The zero-order valence-electron chi connectivity index (χ0n) is 16.9. The Bertz CT molecular complexity index is 1050. The number of hydrogen-bond donors (Lipinski definition) is 1. The van der Waals surface area contributed by atoms with E-state index in [-0.39, 0.29) is 17.5 Å². The van der Waals surface area contributed by atoms with Gasteiger partial charge in [0, 0.05) is 37.1 Å². The monoisotopic (exact) mass is 446 g/mol. The van der Waals surface area contributed by atoms with Gasteiger partial charge in [-0.3, -0.25) is 24.1 Å². The van der Waals surface area contributed by atoms with E-state index in [1.807, 2.05) is 13.8 Å². The molecule has 11 heteroatoms. The molecule has 2 unspecified atom stereocenters. The Balaban J connectivity index is 1.81. The van der Waals surface area contributed by atoms with E-state index in [0.29, 0.717) is 36.6 Å². The van der Waals surface area contributed by atoms with Crippen LogP contribution in [0.3, 0.4) is 0 Å². The highest BCUT2D eigenvalue weighted by Gasteiger charge is 2.38. The van der Waals surface area contributed by atoms with Crippen molar-refractivity contribution in [1.82, 2.24) is 19.4 Å².